The maximum absolute atomic E-state index is 14.4. The van der Waals surface area contributed by atoms with Crippen LogP contribution < -0.4 is 21.1 Å². The molecule has 3 heterocycles. The summed E-state index contributed by atoms with van der Waals surface area (Å²) in [5.41, 5.74) is 7.07. The maximum atomic E-state index is 14.4. The van der Waals surface area contributed by atoms with Gasteiger partial charge in [-0.15, -0.1) is 0 Å². The predicted octanol–water partition coefficient (Wildman–Crippen LogP) is 3.60. The van der Waals surface area contributed by atoms with Crippen molar-refractivity contribution < 1.29 is 9.13 Å². The lowest BCUT2D eigenvalue weighted by atomic mass is 10.1. The summed E-state index contributed by atoms with van der Waals surface area (Å²) in [5, 5.41) is 6.71. The molecule has 1 aliphatic heterocycles. The average Bonchev–Trinajstić information content (AvgIpc) is 2.70. The molecular formula is C20H25FN6OS. The zero-order valence-electron chi connectivity index (χ0n) is 16.5. The number of benzene rings is 1. The Labute approximate surface area is 173 Å². The molecule has 7 nitrogen and oxygen atoms in total. The standard InChI is InChI=1S/C18H19FN6O.C2H6S/c19-13-7-11(20)8-15-16(13)17(24-10-23-15)25-14-4-2-6-22-18(14)26-12-3-1-5-21-9-12;1-3-2/h2,4,6-8,10,12,21H,1,3,5,9,20H2,(H,23,24,25);1-2H3. The number of aromatic nitrogens is 3. The second-order valence-electron chi connectivity index (χ2n) is 6.59. The molecule has 4 N–H and O–H groups in total. The Morgan fingerprint density at radius 2 is 2.10 bits per heavy atom. The Balaban J connectivity index is 0.000000755. The lowest BCUT2D eigenvalue weighted by Gasteiger charge is -2.24. The smallest absolute Gasteiger partial charge is 0.238 e. The zero-order chi connectivity index (χ0) is 20.6. The number of halogens is 1. The lowest BCUT2D eigenvalue weighted by Crippen LogP contribution is -2.37. The number of nitrogens with one attached hydrogen (secondary N) is 2. The van der Waals surface area contributed by atoms with E-state index in [1.807, 2.05) is 18.6 Å². The highest BCUT2D eigenvalue weighted by Gasteiger charge is 2.18. The highest BCUT2D eigenvalue weighted by Crippen LogP contribution is 2.31. The van der Waals surface area contributed by atoms with E-state index in [1.165, 1.54) is 12.4 Å². The minimum Gasteiger partial charge on any atom is -0.472 e. The van der Waals surface area contributed by atoms with Gasteiger partial charge in [0.2, 0.25) is 5.88 Å². The highest BCUT2D eigenvalue weighted by molar-refractivity contribution is 7.97. The van der Waals surface area contributed by atoms with Gasteiger partial charge < -0.3 is 21.1 Å². The van der Waals surface area contributed by atoms with E-state index in [1.54, 1.807) is 30.1 Å². The first-order valence-corrected chi connectivity index (χ1v) is 10.9. The molecular weight excluding hydrogens is 391 g/mol. The van der Waals surface area contributed by atoms with Crippen molar-refractivity contribution in [2.45, 2.75) is 18.9 Å². The van der Waals surface area contributed by atoms with E-state index in [4.69, 9.17) is 10.5 Å². The van der Waals surface area contributed by atoms with Gasteiger partial charge in [-0.3, -0.25) is 0 Å². The number of nitrogen functional groups attached to an aromatic ring is 1. The van der Waals surface area contributed by atoms with Crippen LogP contribution in [0.5, 0.6) is 5.88 Å². The van der Waals surface area contributed by atoms with Gasteiger partial charge in [-0.1, -0.05) is 0 Å². The number of pyridine rings is 1. The molecule has 1 unspecified atom stereocenters. The normalized spacial score (nSPS) is 16.0. The van der Waals surface area contributed by atoms with Crippen LogP contribution in [0.1, 0.15) is 12.8 Å². The Hall–Kier alpha value is -2.65. The fourth-order valence-electron chi connectivity index (χ4n) is 3.04. The van der Waals surface area contributed by atoms with E-state index in [9.17, 15) is 4.39 Å². The first kappa shape index (κ1) is 21.1. The molecule has 0 bridgehead atoms. The minimum absolute atomic E-state index is 0.0536. The van der Waals surface area contributed by atoms with Crippen molar-refractivity contribution in [3.8, 4) is 5.88 Å². The van der Waals surface area contributed by atoms with Gasteiger partial charge in [0.05, 0.1) is 10.9 Å². The van der Waals surface area contributed by atoms with Gasteiger partial charge in [-0.05, 0) is 56.2 Å². The SMILES string of the molecule is CSC.Nc1cc(F)c2c(Nc3cccnc3OC3CCCNC3)ncnc2c1. The number of rotatable bonds is 4. The van der Waals surface area contributed by atoms with Crippen molar-refractivity contribution in [3.63, 3.8) is 0 Å². The molecule has 1 aromatic carbocycles. The molecule has 0 amide bonds. The van der Waals surface area contributed by atoms with Gasteiger partial charge in [0.1, 0.15) is 29.8 Å². The van der Waals surface area contributed by atoms with Crippen LogP contribution in [0.4, 0.5) is 21.6 Å². The van der Waals surface area contributed by atoms with Crippen LogP contribution in [0, 0.1) is 5.82 Å². The van der Waals surface area contributed by atoms with Gasteiger partial charge in [0, 0.05) is 18.4 Å². The fraction of sp³-hybridized carbons (Fsp3) is 0.350. The Morgan fingerprint density at radius 1 is 1.28 bits per heavy atom. The van der Waals surface area contributed by atoms with E-state index >= 15 is 0 Å². The summed E-state index contributed by atoms with van der Waals surface area (Å²) in [6, 6.07) is 6.47. The summed E-state index contributed by atoms with van der Waals surface area (Å²) >= 11 is 1.75. The Kier molecular flexibility index (Phi) is 7.42. The minimum atomic E-state index is -0.481. The average molecular weight is 417 g/mol. The third kappa shape index (κ3) is 5.45. The number of piperidine rings is 1. The molecule has 1 saturated heterocycles. The van der Waals surface area contributed by atoms with Gasteiger partial charge in [-0.2, -0.15) is 11.8 Å². The summed E-state index contributed by atoms with van der Waals surface area (Å²) in [4.78, 5) is 12.6. The molecule has 0 radical (unpaired) electrons. The number of thioether (sulfide) groups is 1. The van der Waals surface area contributed by atoms with Crippen LogP contribution in [-0.2, 0) is 0 Å². The van der Waals surface area contributed by atoms with Crippen molar-refractivity contribution in [1.82, 2.24) is 20.3 Å². The lowest BCUT2D eigenvalue weighted by molar-refractivity contribution is 0.161. The van der Waals surface area contributed by atoms with Crippen molar-refractivity contribution in [2.75, 3.05) is 36.7 Å². The monoisotopic (exact) mass is 416 g/mol. The van der Waals surface area contributed by atoms with E-state index in [0.29, 0.717) is 28.6 Å². The van der Waals surface area contributed by atoms with Crippen LogP contribution in [0.2, 0.25) is 0 Å². The fourth-order valence-corrected chi connectivity index (χ4v) is 3.04. The third-order valence-corrected chi connectivity index (χ3v) is 4.27. The highest BCUT2D eigenvalue weighted by atomic mass is 32.2. The summed E-state index contributed by atoms with van der Waals surface area (Å²) in [6.07, 6.45) is 9.19. The van der Waals surface area contributed by atoms with E-state index in [2.05, 4.69) is 25.6 Å². The van der Waals surface area contributed by atoms with Crippen LogP contribution in [0.15, 0.2) is 36.8 Å². The summed E-state index contributed by atoms with van der Waals surface area (Å²) in [5.74, 6) is 0.321. The van der Waals surface area contributed by atoms with Crippen LogP contribution in [-0.4, -0.2) is 46.7 Å². The number of fused-ring (bicyclic) bond motifs is 1. The zero-order valence-corrected chi connectivity index (χ0v) is 17.3. The Morgan fingerprint density at radius 3 is 2.86 bits per heavy atom. The maximum Gasteiger partial charge on any atom is 0.238 e. The summed E-state index contributed by atoms with van der Waals surface area (Å²) in [6.45, 7) is 1.78. The van der Waals surface area contributed by atoms with Gasteiger partial charge >= 0.3 is 0 Å². The second-order valence-corrected chi connectivity index (χ2v) is 7.41. The van der Waals surface area contributed by atoms with Crippen molar-refractivity contribution in [3.05, 3.63) is 42.6 Å². The molecule has 2 aromatic heterocycles. The topological polar surface area (TPSA) is 98.0 Å². The van der Waals surface area contributed by atoms with Crippen molar-refractivity contribution >= 4 is 39.9 Å². The molecule has 0 saturated carbocycles. The molecule has 154 valence electrons. The molecule has 0 aliphatic carbocycles. The third-order valence-electron chi connectivity index (χ3n) is 4.27. The number of nitrogens with zero attached hydrogens (tertiary/aromatic N) is 3. The first-order chi connectivity index (χ1) is 14.1. The molecule has 3 aromatic rings. The molecule has 0 spiro atoms. The molecule has 1 atom stereocenters. The number of hydrogen-bond acceptors (Lipinski definition) is 8. The van der Waals surface area contributed by atoms with Crippen LogP contribution in [0.25, 0.3) is 10.9 Å². The molecule has 9 heteroatoms. The van der Waals surface area contributed by atoms with E-state index in [0.717, 1.165) is 25.9 Å². The quantitative estimate of drug-likeness (QED) is 0.555. The molecule has 1 fully saturated rings. The summed E-state index contributed by atoms with van der Waals surface area (Å²) < 4.78 is 20.5. The predicted molar refractivity (Wildman–Crippen MR) is 117 cm³/mol. The van der Waals surface area contributed by atoms with Gasteiger partial charge in [-0.25, -0.2) is 19.3 Å². The number of nitrogens with two attached hydrogens (primary N) is 1. The largest absolute Gasteiger partial charge is 0.472 e. The van der Waals surface area contributed by atoms with Crippen LogP contribution in [0.3, 0.4) is 0 Å². The van der Waals surface area contributed by atoms with Crippen LogP contribution >= 0.6 is 11.8 Å². The van der Waals surface area contributed by atoms with Crippen molar-refractivity contribution in [1.29, 1.82) is 0 Å². The molecule has 1 aliphatic rings. The number of anilines is 3. The van der Waals surface area contributed by atoms with Crippen molar-refractivity contribution in [2.24, 2.45) is 0 Å². The van der Waals surface area contributed by atoms with Gasteiger partial charge in [0.25, 0.3) is 0 Å². The molecule has 29 heavy (non-hydrogen) atoms. The van der Waals surface area contributed by atoms with E-state index < -0.39 is 5.82 Å². The van der Waals surface area contributed by atoms with Gasteiger partial charge in [0.15, 0.2) is 0 Å². The number of ether oxygens (including phenoxy) is 1. The second kappa shape index (κ2) is 10.2. The van der Waals surface area contributed by atoms with E-state index in [-0.39, 0.29) is 11.5 Å². The number of hydrogen-bond donors (Lipinski definition) is 3. The first-order valence-electron chi connectivity index (χ1n) is 9.31. The molecule has 4 rings (SSSR count). The summed E-state index contributed by atoms with van der Waals surface area (Å²) in [7, 11) is 0. The Bertz CT molecular complexity index is 951.